The molecule has 0 radical (unpaired) electrons. The molecule has 0 aliphatic carbocycles. The Morgan fingerprint density at radius 1 is 1.14 bits per heavy atom. The number of anilines is 1. The molecule has 21 heavy (non-hydrogen) atoms. The molecule has 4 nitrogen and oxygen atoms in total. The van der Waals surface area contributed by atoms with Crippen molar-refractivity contribution in [2.24, 2.45) is 0 Å². The monoisotopic (exact) mass is 316 g/mol. The van der Waals surface area contributed by atoms with E-state index >= 15 is 0 Å². The predicted octanol–water partition coefficient (Wildman–Crippen LogP) is 3.96. The third-order valence-electron chi connectivity index (χ3n) is 2.65. The Balaban J connectivity index is 2.51. The van der Waals surface area contributed by atoms with Gasteiger partial charge in [-0.05, 0) is 0 Å². The minimum Gasteiger partial charge on any atom is -0.373 e. The van der Waals surface area contributed by atoms with Gasteiger partial charge < -0.3 is 5.32 Å². The Bertz CT molecular complexity index is 644. The maximum Gasteiger partial charge on any atom is 0.443 e. The van der Waals surface area contributed by atoms with Gasteiger partial charge in [0.05, 0.1) is 10.6 Å². The van der Waals surface area contributed by atoms with Crippen molar-refractivity contribution < 1.29 is 13.2 Å². The first kappa shape index (κ1) is 15.7. The zero-order chi connectivity index (χ0) is 15.8. The van der Waals surface area contributed by atoms with E-state index in [9.17, 15) is 13.2 Å². The quantitative estimate of drug-likeness (QED) is 0.911. The fourth-order valence-corrected chi connectivity index (χ4v) is 2.30. The SMILES string of the molecule is CNc1cc(-c2cnc(C(F)(F)F)s2)nc(C(C)(C)C)n1. The molecule has 0 bridgehead atoms. The first-order chi connectivity index (χ1) is 9.61. The van der Waals surface area contributed by atoms with Gasteiger partial charge in [-0.1, -0.05) is 20.8 Å². The van der Waals surface area contributed by atoms with Crippen molar-refractivity contribution in [2.45, 2.75) is 32.4 Å². The summed E-state index contributed by atoms with van der Waals surface area (Å²) in [4.78, 5) is 12.5. The van der Waals surface area contributed by atoms with Crippen LogP contribution in [0.1, 0.15) is 31.6 Å². The second-order valence-corrected chi connectivity index (χ2v) is 6.52. The smallest absolute Gasteiger partial charge is 0.373 e. The number of hydrogen-bond donors (Lipinski definition) is 1. The number of thiazole rings is 1. The number of alkyl halides is 3. The number of hydrogen-bond acceptors (Lipinski definition) is 5. The summed E-state index contributed by atoms with van der Waals surface area (Å²) in [6, 6.07) is 1.61. The van der Waals surface area contributed by atoms with E-state index in [1.807, 2.05) is 20.8 Å². The molecule has 0 saturated heterocycles. The number of aromatic nitrogens is 3. The van der Waals surface area contributed by atoms with Gasteiger partial charge in [-0.2, -0.15) is 13.2 Å². The van der Waals surface area contributed by atoms with E-state index in [-0.39, 0.29) is 5.41 Å². The molecule has 0 aliphatic heterocycles. The van der Waals surface area contributed by atoms with E-state index in [4.69, 9.17) is 0 Å². The minimum absolute atomic E-state index is 0.306. The standard InChI is InChI=1S/C13H15F3N4S/c1-12(2,3)10-19-7(5-9(17-4)20-10)8-6-18-11(21-8)13(14,15)16/h5-6H,1-4H3,(H,17,19,20). The molecule has 2 heterocycles. The molecule has 0 aliphatic rings. The number of rotatable bonds is 2. The van der Waals surface area contributed by atoms with E-state index in [1.54, 1.807) is 13.1 Å². The Kier molecular flexibility index (Phi) is 3.92. The van der Waals surface area contributed by atoms with E-state index in [1.165, 1.54) is 6.20 Å². The molecule has 2 aromatic heterocycles. The summed E-state index contributed by atoms with van der Waals surface area (Å²) in [5, 5.41) is 2.02. The van der Waals surface area contributed by atoms with Crippen LogP contribution in [-0.4, -0.2) is 22.0 Å². The summed E-state index contributed by atoms with van der Waals surface area (Å²) < 4.78 is 37.9. The zero-order valence-electron chi connectivity index (χ0n) is 12.0. The largest absolute Gasteiger partial charge is 0.443 e. The second kappa shape index (κ2) is 5.25. The number of halogens is 3. The molecular formula is C13H15F3N4S. The summed E-state index contributed by atoms with van der Waals surface area (Å²) in [5.74, 6) is 1.12. The molecule has 8 heteroatoms. The normalized spacial score (nSPS) is 12.5. The lowest BCUT2D eigenvalue weighted by Crippen LogP contribution is -2.17. The molecule has 2 aromatic rings. The lowest BCUT2D eigenvalue weighted by atomic mass is 9.95. The van der Waals surface area contributed by atoms with E-state index < -0.39 is 11.2 Å². The molecule has 0 saturated carbocycles. The molecule has 0 unspecified atom stereocenters. The topological polar surface area (TPSA) is 50.7 Å². The van der Waals surface area contributed by atoms with Crippen LogP contribution in [-0.2, 0) is 11.6 Å². The zero-order valence-corrected chi connectivity index (χ0v) is 12.9. The molecule has 0 aromatic carbocycles. The van der Waals surface area contributed by atoms with Crippen molar-refractivity contribution in [3.8, 4) is 10.6 Å². The van der Waals surface area contributed by atoms with Crippen molar-refractivity contribution in [1.82, 2.24) is 15.0 Å². The molecule has 2 rings (SSSR count). The molecule has 1 N–H and O–H groups in total. The average Bonchev–Trinajstić information content (AvgIpc) is 2.86. The Labute approximate surface area is 124 Å². The third-order valence-corrected chi connectivity index (χ3v) is 3.72. The maximum atomic E-state index is 12.6. The number of nitrogens with one attached hydrogen (secondary N) is 1. The molecule has 0 fully saturated rings. The average molecular weight is 316 g/mol. The van der Waals surface area contributed by atoms with Gasteiger partial charge in [0.2, 0.25) is 0 Å². The first-order valence-electron chi connectivity index (χ1n) is 6.22. The van der Waals surface area contributed by atoms with Gasteiger partial charge in [-0.15, -0.1) is 11.3 Å². The van der Waals surface area contributed by atoms with Crippen molar-refractivity contribution in [3.63, 3.8) is 0 Å². The van der Waals surface area contributed by atoms with Crippen LogP contribution in [0.3, 0.4) is 0 Å². The molecule has 0 amide bonds. The van der Waals surface area contributed by atoms with Crippen LogP contribution in [0.25, 0.3) is 10.6 Å². The van der Waals surface area contributed by atoms with E-state index in [0.29, 0.717) is 33.6 Å². The molecule has 0 atom stereocenters. The van der Waals surface area contributed by atoms with Crippen LogP contribution < -0.4 is 5.32 Å². The lowest BCUT2D eigenvalue weighted by Gasteiger charge is -2.18. The van der Waals surface area contributed by atoms with Gasteiger partial charge in [0, 0.05) is 24.7 Å². The summed E-state index contributed by atoms with van der Waals surface area (Å²) >= 11 is 0.577. The molecular weight excluding hydrogens is 301 g/mol. The Hall–Kier alpha value is -1.70. The van der Waals surface area contributed by atoms with Gasteiger partial charge in [0.1, 0.15) is 11.6 Å². The third kappa shape index (κ3) is 3.49. The predicted molar refractivity (Wildman–Crippen MR) is 76.4 cm³/mol. The van der Waals surface area contributed by atoms with Crippen LogP contribution in [0.5, 0.6) is 0 Å². The van der Waals surface area contributed by atoms with Gasteiger partial charge >= 0.3 is 6.18 Å². The van der Waals surface area contributed by atoms with Crippen LogP contribution >= 0.6 is 11.3 Å². The minimum atomic E-state index is -4.44. The lowest BCUT2D eigenvalue weighted by molar-refractivity contribution is -0.137. The van der Waals surface area contributed by atoms with Crippen molar-refractivity contribution in [1.29, 1.82) is 0 Å². The van der Waals surface area contributed by atoms with E-state index in [0.717, 1.165) is 0 Å². The fourth-order valence-electron chi connectivity index (χ4n) is 1.56. The summed E-state index contributed by atoms with van der Waals surface area (Å²) in [6.07, 6.45) is -3.24. The van der Waals surface area contributed by atoms with Gasteiger partial charge in [0.15, 0.2) is 5.01 Å². The van der Waals surface area contributed by atoms with E-state index in [2.05, 4.69) is 20.3 Å². The highest BCUT2D eigenvalue weighted by Gasteiger charge is 2.35. The Morgan fingerprint density at radius 3 is 2.29 bits per heavy atom. The molecule has 0 spiro atoms. The second-order valence-electron chi connectivity index (χ2n) is 5.49. The molecule has 114 valence electrons. The van der Waals surface area contributed by atoms with Crippen LogP contribution in [0, 0.1) is 0 Å². The summed E-state index contributed by atoms with van der Waals surface area (Å²) in [7, 11) is 1.70. The number of nitrogens with zero attached hydrogens (tertiary/aromatic N) is 3. The van der Waals surface area contributed by atoms with Crippen LogP contribution in [0.4, 0.5) is 19.0 Å². The summed E-state index contributed by atoms with van der Waals surface area (Å²) in [6.45, 7) is 5.83. The highest BCUT2D eigenvalue weighted by Crippen LogP contribution is 2.36. The van der Waals surface area contributed by atoms with Gasteiger partial charge in [0.25, 0.3) is 0 Å². The maximum absolute atomic E-state index is 12.6. The van der Waals surface area contributed by atoms with Crippen LogP contribution in [0.15, 0.2) is 12.3 Å². The first-order valence-corrected chi connectivity index (χ1v) is 7.03. The van der Waals surface area contributed by atoms with Gasteiger partial charge in [-0.3, -0.25) is 0 Å². The fraction of sp³-hybridized carbons (Fsp3) is 0.462. The van der Waals surface area contributed by atoms with Gasteiger partial charge in [-0.25, -0.2) is 15.0 Å². The van der Waals surface area contributed by atoms with Crippen molar-refractivity contribution in [3.05, 3.63) is 23.1 Å². The van der Waals surface area contributed by atoms with Crippen molar-refractivity contribution >= 4 is 17.2 Å². The Morgan fingerprint density at radius 2 is 1.81 bits per heavy atom. The highest BCUT2D eigenvalue weighted by molar-refractivity contribution is 7.15. The highest BCUT2D eigenvalue weighted by atomic mass is 32.1. The van der Waals surface area contributed by atoms with Crippen LogP contribution in [0.2, 0.25) is 0 Å². The summed E-state index contributed by atoms with van der Waals surface area (Å²) in [5.41, 5.74) is 0.131. The van der Waals surface area contributed by atoms with Crippen molar-refractivity contribution in [2.75, 3.05) is 12.4 Å².